The van der Waals surface area contributed by atoms with E-state index in [-0.39, 0.29) is 12.1 Å². The van der Waals surface area contributed by atoms with Crippen LogP contribution in [-0.4, -0.2) is 52.0 Å². The minimum absolute atomic E-state index is 0.0551. The Balaban J connectivity index is 2.47. The van der Waals surface area contributed by atoms with Gasteiger partial charge in [0.15, 0.2) is 0 Å². The van der Waals surface area contributed by atoms with Crippen LogP contribution in [-0.2, 0) is 4.74 Å². The Hall–Kier alpha value is -0.361. The number of cyclic esters (lactones) is 1. The molecule has 1 unspecified atom stereocenters. The van der Waals surface area contributed by atoms with Gasteiger partial charge in [-0.15, -0.1) is 0 Å². The van der Waals surface area contributed by atoms with Crippen LogP contribution in [0, 0.1) is 0 Å². The molecular weight excluding hydrogens is 497 g/mol. The first-order chi connectivity index (χ1) is 14.6. The molecule has 1 aromatic carbocycles. The molecule has 1 heterocycles. The number of nitrogens with zero attached hydrogens (tertiary/aromatic N) is 1. The van der Waals surface area contributed by atoms with Crippen LogP contribution in [0.2, 0.25) is 13.3 Å². The second-order valence-electron chi connectivity index (χ2n) is 8.88. The number of benzene rings is 1. The number of carbonyl (C=O) groups is 1. The van der Waals surface area contributed by atoms with Crippen molar-refractivity contribution >= 4 is 36.2 Å². The van der Waals surface area contributed by atoms with Crippen LogP contribution >= 0.6 is 11.8 Å². The van der Waals surface area contributed by atoms with E-state index in [1.807, 2.05) is 11.8 Å². The zero-order valence-corrected chi connectivity index (χ0v) is 23.4. The second kappa shape index (κ2) is 13.9. The third kappa shape index (κ3) is 6.82. The summed E-state index contributed by atoms with van der Waals surface area (Å²) in [6, 6.07) is 10.7. The Morgan fingerprint density at radius 3 is 2.10 bits per heavy atom. The summed E-state index contributed by atoms with van der Waals surface area (Å²) in [5.74, 6) is 1.14. The van der Waals surface area contributed by atoms with E-state index in [4.69, 9.17) is 4.74 Å². The van der Waals surface area contributed by atoms with Crippen molar-refractivity contribution in [1.82, 2.24) is 4.90 Å². The molecular formula is C25H43NO2SSn. The molecule has 1 saturated heterocycles. The number of carbonyl (C=O) groups excluding carboxylic acids is 1. The van der Waals surface area contributed by atoms with Gasteiger partial charge in [0, 0.05) is 0 Å². The Kier molecular flexibility index (Phi) is 12.0. The van der Waals surface area contributed by atoms with Gasteiger partial charge in [0.25, 0.3) is 0 Å². The first-order valence-corrected chi connectivity index (χ1v) is 21.2. The number of hydrogen-bond acceptors (Lipinski definition) is 3. The van der Waals surface area contributed by atoms with Gasteiger partial charge >= 0.3 is 194 Å². The molecule has 0 saturated carbocycles. The number of amides is 1. The second-order valence-corrected chi connectivity index (χ2v) is 23.8. The molecule has 2 rings (SSSR count). The van der Waals surface area contributed by atoms with Crippen molar-refractivity contribution in [2.45, 2.75) is 89.1 Å². The van der Waals surface area contributed by atoms with Crippen molar-refractivity contribution in [3.05, 3.63) is 35.9 Å². The van der Waals surface area contributed by atoms with Crippen LogP contribution in [0.5, 0.6) is 0 Å². The third-order valence-corrected chi connectivity index (χ3v) is 24.7. The van der Waals surface area contributed by atoms with Gasteiger partial charge in [0.2, 0.25) is 0 Å². The molecule has 0 aliphatic carbocycles. The molecule has 0 N–H and O–H groups in total. The van der Waals surface area contributed by atoms with Gasteiger partial charge in [-0.25, -0.2) is 0 Å². The average molecular weight is 540 g/mol. The fourth-order valence-electron chi connectivity index (χ4n) is 5.14. The maximum absolute atomic E-state index is 13.2. The van der Waals surface area contributed by atoms with E-state index in [1.165, 1.54) is 57.4 Å². The van der Waals surface area contributed by atoms with Crippen molar-refractivity contribution in [2.24, 2.45) is 0 Å². The molecule has 3 nitrogen and oxygen atoms in total. The zero-order chi connectivity index (χ0) is 21.8. The number of rotatable bonds is 15. The summed E-state index contributed by atoms with van der Waals surface area (Å²) in [4.78, 5) is 15.4. The maximum atomic E-state index is 13.2. The molecule has 1 aliphatic heterocycles. The fraction of sp³-hybridized carbons (Fsp3) is 0.720. The third-order valence-electron chi connectivity index (χ3n) is 6.82. The Labute approximate surface area is 193 Å². The number of unbranched alkanes of at least 4 members (excludes halogenated alkanes) is 3. The molecule has 1 aliphatic rings. The van der Waals surface area contributed by atoms with E-state index in [0.717, 1.165) is 12.2 Å². The summed E-state index contributed by atoms with van der Waals surface area (Å²) in [7, 11) is 0. The van der Waals surface area contributed by atoms with Crippen LogP contribution in [0.15, 0.2) is 30.3 Å². The first-order valence-electron chi connectivity index (χ1n) is 12.1. The summed E-state index contributed by atoms with van der Waals surface area (Å²) in [5.41, 5.74) is 1.24. The molecule has 30 heavy (non-hydrogen) atoms. The average Bonchev–Trinajstić information content (AvgIpc) is 3.16. The minimum atomic E-state index is -2.66. The van der Waals surface area contributed by atoms with Crippen molar-refractivity contribution in [1.29, 1.82) is 0 Å². The molecule has 0 aromatic heterocycles. The molecule has 1 amide bonds. The number of thioether (sulfide) groups is 1. The van der Waals surface area contributed by atoms with Gasteiger partial charge in [-0.2, -0.15) is 0 Å². The Morgan fingerprint density at radius 1 is 1.03 bits per heavy atom. The van der Waals surface area contributed by atoms with Crippen LogP contribution in [0.25, 0.3) is 0 Å². The van der Waals surface area contributed by atoms with Gasteiger partial charge in [0.05, 0.1) is 0 Å². The zero-order valence-electron chi connectivity index (χ0n) is 19.7. The summed E-state index contributed by atoms with van der Waals surface area (Å²) in [6.45, 7) is 7.48. The Bertz CT molecular complexity index is 591. The summed E-state index contributed by atoms with van der Waals surface area (Å²) in [6.07, 6.45) is 11.1. The SMILES string of the molecule is CCC[CH2][Sn]([CH2]CCC)([CH2]CCC)[CH](CCSC)N1C(=O)OC[C@@H]1c1ccccc1. The summed E-state index contributed by atoms with van der Waals surface area (Å²) in [5, 5.41) is 0. The van der Waals surface area contributed by atoms with Gasteiger partial charge in [0.1, 0.15) is 0 Å². The van der Waals surface area contributed by atoms with Gasteiger partial charge in [-0.3, -0.25) is 0 Å². The van der Waals surface area contributed by atoms with E-state index >= 15 is 0 Å². The van der Waals surface area contributed by atoms with Crippen molar-refractivity contribution in [3.63, 3.8) is 0 Å². The predicted molar refractivity (Wildman–Crippen MR) is 134 cm³/mol. The molecule has 1 fully saturated rings. The van der Waals surface area contributed by atoms with Crippen LogP contribution in [0.3, 0.4) is 0 Å². The van der Waals surface area contributed by atoms with Crippen molar-refractivity contribution in [2.75, 3.05) is 18.6 Å². The van der Waals surface area contributed by atoms with E-state index in [2.05, 4.69) is 62.3 Å². The molecule has 0 spiro atoms. The van der Waals surface area contributed by atoms with Gasteiger partial charge < -0.3 is 0 Å². The molecule has 1 aromatic rings. The van der Waals surface area contributed by atoms with E-state index in [1.54, 1.807) is 0 Å². The van der Waals surface area contributed by atoms with E-state index in [0.29, 0.717) is 10.7 Å². The quantitative estimate of drug-likeness (QED) is 0.214. The molecule has 170 valence electrons. The van der Waals surface area contributed by atoms with Crippen LogP contribution in [0.1, 0.15) is 77.3 Å². The van der Waals surface area contributed by atoms with Crippen molar-refractivity contribution in [3.8, 4) is 0 Å². The standard InChI is InChI=1S/C13H16NO2S.3C4H9.Sn/c1-17-9-5-8-14-12(10-16-13(14)15)11-6-3-2-4-7-11;3*1-3-4-2;/h2-4,6-8,12H,5,9-10H2,1H3;3*1,3-4H2,2H3;/t12-;;;;/m1..../s1. The predicted octanol–water partition coefficient (Wildman–Crippen LogP) is 7.69. The van der Waals surface area contributed by atoms with Crippen molar-refractivity contribution < 1.29 is 9.53 Å². The van der Waals surface area contributed by atoms with Gasteiger partial charge in [-0.1, -0.05) is 0 Å². The van der Waals surface area contributed by atoms with E-state index < -0.39 is 18.4 Å². The number of hydrogen-bond donors (Lipinski definition) is 0. The molecule has 2 atom stereocenters. The topological polar surface area (TPSA) is 29.5 Å². The first kappa shape index (κ1) is 25.9. The fourth-order valence-corrected chi connectivity index (χ4v) is 24.9. The summed E-state index contributed by atoms with van der Waals surface area (Å²) >= 11 is -0.730. The Morgan fingerprint density at radius 2 is 1.60 bits per heavy atom. The van der Waals surface area contributed by atoms with Gasteiger partial charge in [-0.05, 0) is 0 Å². The number of ether oxygens (including phenoxy) is 1. The monoisotopic (exact) mass is 541 g/mol. The van der Waals surface area contributed by atoms with Crippen LogP contribution in [0.4, 0.5) is 4.79 Å². The van der Waals surface area contributed by atoms with Crippen LogP contribution < -0.4 is 0 Å². The normalized spacial score (nSPS) is 17.9. The molecule has 0 bridgehead atoms. The molecule has 5 heteroatoms. The summed E-state index contributed by atoms with van der Waals surface area (Å²) < 4.78 is 10.4. The molecule has 0 radical (unpaired) electrons. The van der Waals surface area contributed by atoms with E-state index in [9.17, 15) is 4.79 Å².